The number of nitrogens with zero attached hydrogens (tertiary/aromatic N) is 4. The number of aryl methyl sites for hydroxylation is 1. The summed E-state index contributed by atoms with van der Waals surface area (Å²) < 4.78 is 16.0. The first-order chi connectivity index (χ1) is 14.5. The fourth-order valence-electron chi connectivity index (χ4n) is 3.82. The van der Waals surface area contributed by atoms with Crippen LogP contribution in [0.1, 0.15) is 28.4 Å². The fourth-order valence-corrected chi connectivity index (χ4v) is 3.82. The van der Waals surface area contributed by atoms with Crippen molar-refractivity contribution in [2.45, 2.75) is 19.9 Å². The highest BCUT2D eigenvalue weighted by atomic mass is 19.1. The van der Waals surface area contributed by atoms with Gasteiger partial charge in [0, 0.05) is 62.8 Å². The number of hydrogen-bond donors (Lipinski definition) is 2. The molecule has 1 amide bonds. The molecule has 2 aromatic heterocycles. The second-order valence-corrected chi connectivity index (χ2v) is 7.43. The molecule has 8 nitrogen and oxygen atoms in total. The standard InChI is InChI=1S/C21H25FN6O2/c1-3-14-13-28-19(25-20(14)29)15(11-24-28)12-26-6-8-27(9-7-26)16-4-5-17(18(22)10-16)21(30)23-2/h4-5,10-11,13H,3,6-9,12H2,1-2H3,(H,23,30)(H,25,29). The molecule has 0 atom stereocenters. The summed E-state index contributed by atoms with van der Waals surface area (Å²) in [4.78, 5) is 31.1. The van der Waals surface area contributed by atoms with E-state index in [0.717, 1.165) is 43.1 Å². The van der Waals surface area contributed by atoms with E-state index in [1.807, 2.05) is 6.92 Å². The molecule has 9 heteroatoms. The number of amides is 1. The number of carbonyl (C=O) groups excluding carboxylic acids is 1. The van der Waals surface area contributed by atoms with E-state index in [4.69, 9.17) is 0 Å². The predicted molar refractivity (Wildman–Crippen MR) is 112 cm³/mol. The zero-order valence-corrected chi connectivity index (χ0v) is 17.1. The average molecular weight is 412 g/mol. The molecule has 0 spiro atoms. The van der Waals surface area contributed by atoms with Crippen LogP contribution in [-0.2, 0) is 13.0 Å². The topological polar surface area (TPSA) is 85.7 Å². The molecular weight excluding hydrogens is 387 g/mol. The first-order valence-corrected chi connectivity index (χ1v) is 10.1. The largest absolute Gasteiger partial charge is 0.369 e. The zero-order valence-electron chi connectivity index (χ0n) is 17.1. The van der Waals surface area contributed by atoms with Crippen molar-refractivity contribution in [3.8, 4) is 0 Å². The van der Waals surface area contributed by atoms with Crippen molar-refractivity contribution < 1.29 is 9.18 Å². The van der Waals surface area contributed by atoms with Crippen molar-refractivity contribution >= 4 is 17.2 Å². The molecule has 1 aromatic carbocycles. The first-order valence-electron chi connectivity index (χ1n) is 10.1. The van der Waals surface area contributed by atoms with Crippen LogP contribution < -0.4 is 15.8 Å². The lowest BCUT2D eigenvalue weighted by Crippen LogP contribution is -2.46. The zero-order chi connectivity index (χ0) is 21.3. The molecule has 2 N–H and O–H groups in total. The molecule has 3 aromatic rings. The molecule has 30 heavy (non-hydrogen) atoms. The maximum absolute atomic E-state index is 14.3. The van der Waals surface area contributed by atoms with Gasteiger partial charge < -0.3 is 15.2 Å². The van der Waals surface area contributed by atoms with Crippen LogP contribution in [0.2, 0.25) is 0 Å². The van der Waals surface area contributed by atoms with E-state index in [1.54, 1.807) is 23.0 Å². The molecule has 1 saturated heterocycles. The van der Waals surface area contributed by atoms with Gasteiger partial charge >= 0.3 is 0 Å². The van der Waals surface area contributed by atoms with Crippen LogP contribution >= 0.6 is 0 Å². The van der Waals surface area contributed by atoms with E-state index in [9.17, 15) is 14.0 Å². The van der Waals surface area contributed by atoms with Crippen molar-refractivity contribution in [1.82, 2.24) is 24.8 Å². The number of H-pyrrole nitrogens is 1. The van der Waals surface area contributed by atoms with Gasteiger partial charge in [0.1, 0.15) is 11.5 Å². The summed E-state index contributed by atoms with van der Waals surface area (Å²) in [5.41, 5.74) is 3.16. The van der Waals surface area contributed by atoms with Gasteiger partial charge in [0.2, 0.25) is 0 Å². The van der Waals surface area contributed by atoms with Gasteiger partial charge in [0.25, 0.3) is 11.5 Å². The molecule has 1 aliphatic heterocycles. The van der Waals surface area contributed by atoms with Crippen LogP contribution in [0.4, 0.5) is 10.1 Å². The minimum Gasteiger partial charge on any atom is -0.369 e. The Balaban J connectivity index is 1.42. The number of anilines is 1. The number of carbonyl (C=O) groups is 1. The summed E-state index contributed by atoms with van der Waals surface area (Å²) in [5.74, 6) is -0.947. The molecule has 0 aliphatic carbocycles. The Hall–Kier alpha value is -3.20. The molecular formula is C21H25FN6O2. The third-order valence-corrected chi connectivity index (χ3v) is 5.61. The van der Waals surface area contributed by atoms with Crippen molar-refractivity contribution in [1.29, 1.82) is 0 Å². The predicted octanol–water partition coefficient (Wildman–Crippen LogP) is 1.41. The third-order valence-electron chi connectivity index (χ3n) is 5.61. The van der Waals surface area contributed by atoms with Crippen LogP contribution in [0.5, 0.6) is 0 Å². The summed E-state index contributed by atoms with van der Waals surface area (Å²) >= 11 is 0. The molecule has 1 aliphatic rings. The average Bonchev–Trinajstić information content (AvgIpc) is 3.14. The molecule has 1 fully saturated rings. The monoisotopic (exact) mass is 412 g/mol. The van der Waals surface area contributed by atoms with E-state index in [0.29, 0.717) is 18.5 Å². The van der Waals surface area contributed by atoms with Crippen LogP contribution in [-0.4, -0.2) is 58.6 Å². The van der Waals surface area contributed by atoms with Gasteiger partial charge in [-0.25, -0.2) is 8.91 Å². The lowest BCUT2D eigenvalue weighted by Gasteiger charge is -2.36. The summed E-state index contributed by atoms with van der Waals surface area (Å²) in [6, 6.07) is 4.72. The lowest BCUT2D eigenvalue weighted by molar-refractivity contribution is 0.0959. The first kappa shape index (κ1) is 20.1. The Morgan fingerprint density at radius 1 is 1.23 bits per heavy atom. The summed E-state index contributed by atoms with van der Waals surface area (Å²) in [6.07, 6.45) is 4.24. The number of aromatic nitrogens is 3. The highest BCUT2D eigenvalue weighted by molar-refractivity contribution is 5.94. The number of fused-ring (bicyclic) bond motifs is 1. The van der Waals surface area contributed by atoms with Crippen LogP contribution in [0.25, 0.3) is 5.65 Å². The molecule has 0 unspecified atom stereocenters. The second kappa shape index (κ2) is 8.27. The Morgan fingerprint density at radius 3 is 2.67 bits per heavy atom. The minimum absolute atomic E-state index is 0.0493. The summed E-state index contributed by atoms with van der Waals surface area (Å²) in [5, 5.41) is 6.81. The highest BCUT2D eigenvalue weighted by Gasteiger charge is 2.20. The molecule has 4 rings (SSSR count). The number of aromatic amines is 1. The number of nitrogens with one attached hydrogen (secondary N) is 2. The summed E-state index contributed by atoms with van der Waals surface area (Å²) in [7, 11) is 1.48. The van der Waals surface area contributed by atoms with Gasteiger partial charge in [-0.15, -0.1) is 0 Å². The highest BCUT2D eigenvalue weighted by Crippen LogP contribution is 2.21. The smallest absolute Gasteiger partial charge is 0.254 e. The van der Waals surface area contributed by atoms with Crippen molar-refractivity contribution in [2.75, 3.05) is 38.1 Å². The van der Waals surface area contributed by atoms with Crippen molar-refractivity contribution in [3.05, 3.63) is 63.5 Å². The van der Waals surface area contributed by atoms with E-state index in [1.165, 1.54) is 19.2 Å². The second-order valence-electron chi connectivity index (χ2n) is 7.43. The van der Waals surface area contributed by atoms with E-state index in [2.05, 4.69) is 25.2 Å². The quantitative estimate of drug-likeness (QED) is 0.662. The van der Waals surface area contributed by atoms with Gasteiger partial charge in [-0.3, -0.25) is 14.5 Å². The van der Waals surface area contributed by atoms with Crippen LogP contribution in [0.3, 0.4) is 0 Å². The SMILES string of the molecule is CCc1cn2ncc(CN3CCN(c4ccc(C(=O)NC)c(F)c4)CC3)c2[nH]c1=O. The Bertz CT molecular complexity index is 1130. The normalized spacial score (nSPS) is 15.0. The van der Waals surface area contributed by atoms with E-state index in [-0.39, 0.29) is 11.1 Å². The fraction of sp³-hybridized carbons (Fsp3) is 0.381. The van der Waals surface area contributed by atoms with Gasteiger partial charge in [-0.05, 0) is 24.6 Å². The third kappa shape index (κ3) is 3.80. The maximum Gasteiger partial charge on any atom is 0.254 e. The molecule has 0 saturated carbocycles. The maximum atomic E-state index is 14.3. The number of hydrogen-bond acceptors (Lipinski definition) is 5. The lowest BCUT2D eigenvalue weighted by atomic mass is 10.1. The molecule has 0 radical (unpaired) electrons. The van der Waals surface area contributed by atoms with Crippen LogP contribution in [0.15, 0.2) is 35.4 Å². The van der Waals surface area contributed by atoms with Crippen molar-refractivity contribution in [2.24, 2.45) is 0 Å². The number of benzene rings is 1. The summed E-state index contributed by atoms with van der Waals surface area (Å²) in [6.45, 7) is 5.71. The van der Waals surface area contributed by atoms with Gasteiger partial charge in [-0.2, -0.15) is 5.10 Å². The minimum atomic E-state index is -0.518. The van der Waals surface area contributed by atoms with Gasteiger partial charge in [-0.1, -0.05) is 6.92 Å². The molecule has 158 valence electrons. The number of piperazine rings is 1. The molecule has 0 bridgehead atoms. The Kier molecular flexibility index (Phi) is 5.54. The Labute approximate surface area is 173 Å². The van der Waals surface area contributed by atoms with E-state index < -0.39 is 11.7 Å². The van der Waals surface area contributed by atoms with Gasteiger partial charge in [0.05, 0.1) is 11.8 Å². The van der Waals surface area contributed by atoms with Gasteiger partial charge in [0.15, 0.2) is 0 Å². The Morgan fingerprint density at radius 2 is 2.00 bits per heavy atom. The number of halogens is 1. The van der Waals surface area contributed by atoms with Crippen molar-refractivity contribution in [3.63, 3.8) is 0 Å². The molecule has 3 heterocycles. The van der Waals surface area contributed by atoms with Crippen LogP contribution in [0, 0.1) is 5.82 Å². The number of rotatable bonds is 5. The van der Waals surface area contributed by atoms with E-state index >= 15 is 0 Å².